The number of benzene rings is 2. The lowest BCUT2D eigenvalue weighted by Crippen LogP contribution is -2.18. The predicted molar refractivity (Wildman–Crippen MR) is 134 cm³/mol. The molecule has 2 aromatic carbocycles. The van der Waals surface area contributed by atoms with Crippen LogP contribution in [0.3, 0.4) is 0 Å². The normalized spacial score (nSPS) is 13.5. The number of hydrogen-bond donors (Lipinski definition) is 2. The van der Waals surface area contributed by atoms with Gasteiger partial charge in [-0.05, 0) is 66.8 Å². The fourth-order valence-electron chi connectivity index (χ4n) is 4.00. The second-order valence-corrected chi connectivity index (χ2v) is 9.41. The fraction of sp³-hybridized carbons (Fsp3) is 0.231. The van der Waals surface area contributed by atoms with E-state index in [1.165, 1.54) is 30.5 Å². The van der Waals surface area contributed by atoms with E-state index in [1.807, 2.05) is 0 Å². The van der Waals surface area contributed by atoms with Crippen LogP contribution in [0.4, 0.5) is 19.1 Å². The van der Waals surface area contributed by atoms with Crippen LogP contribution in [-0.4, -0.2) is 26.3 Å². The van der Waals surface area contributed by atoms with E-state index in [0.717, 1.165) is 25.0 Å². The Morgan fingerprint density at radius 1 is 1.16 bits per heavy atom. The predicted octanol–water partition coefficient (Wildman–Crippen LogP) is 5.59. The molecule has 0 bridgehead atoms. The number of hydrogen-bond acceptors (Lipinski definition) is 5. The molecule has 2 heterocycles. The number of halogens is 4. The summed E-state index contributed by atoms with van der Waals surface area (Å²) in [5, 5.41) is 2.91. The van der Waals surface area contributed by atoms with Crippen LogP contribution in [0, 0.1) is 5.92 Å². The number of carbonyl (C=O) groups excluding carboxylic acids is 2. The van der Waals surface area contributed by atoms with Crippen LogP contribution in [0.2, 0.25) is 5.02 Å². The average Bonchev–Trinajstić information content (AvgIpc) is 3.61. The standard InChI is InChI=1S/C26H21ClF3N5O3/c27-18-10-15(5-8-21(18)38-24-17(23(31)37)2-1-9-32-24)11-22(36)34-25-33-19-12-16(26(28,29)30)6-7-20(19)35(25)13-14-3-4-14/h1-2,5-10,12,14H,3-4,11,13H2,(H2,31,37)(H,33,34,36). The Kier molecular flexibility index (Phi) is 6.70. The summed E-state index contributed by atoms with van der Waals surface area (Å²) in [4.78, 5) is 32.8. The fourth-order valence-corrected chi connectivity index (χ4v) is 4.24. The monoisotopic (exact) mass is 543 g/mol. The van der Waals surface area contributed by atoms with E-state index in [9.17, 15) is 22.8 Å². The number of fused-ring (bicyclic) bond motifs is 1. The summed E-state index contributed by atoms with van der Waals surface area (Å²) in [7, 11) is 0. The van der Waals surface area contributed by atoms with Crippen LogP contribution in [0.1, 0.15) is 34.3 Å². The highest BCUT2D eigenvalue weighted by atomic mass is 35.5. The lowest BCUT2D eigenvalue weighted by molar-refractivity contribution is -0.137. The molecule has 0 aliphatic heterocycles. The molecule has 0 spiro atoms. The first kappa shape index (κ1) is 25.5. The van der Waals surface area contributed by atoms with Crippen molar-refractivity contribution < 1.29 is 27.5 Å². The Bertz CT molecular complexity index is 1550. The zero-order valence-electron chi connectivity index (χ0n) is 19.8. The summed E-state index contributed by atoms with van der Waals surface area (Å²) >= 11 is 6.34. The lowest BCUT2D eigenvalue weighted by atomic mass is 10.1. The van der Waals surface area contributed by atoms with Crippen LogP contribution in [-0.2, 0) is 23.9 Å². The van der Waals surface area contributed by atoms with Gasteiger partial charge in [0.25, 0.3) is 5.91 Å². The van der Waals surface area contributed by atoms with Gasteiger partial charge in [0.2, 0.25) is 17.7 Å². The minimum Gasteiger partial charge on any atom is -0.437 e. The molecule has 1 saturated carbocycles. The number of alkyl halides is 3. The van der Waals surface area contributed by atoms with Gasteiger partial charge in [-0.25, -0.2) is 9.97 Å². The van der Waals surface area contributed by atoms with E-state index in [1.54, 1.807) is 16.7 Å². The largest absolute Gasteiger partial charge is 0.437 e. The Labute approximate surface area is 219 Å². The quantitative estimate of drug-likeness (QED) is 0.301. The van der Waals surface area contributed by atoms with E-state index >= 15 is 0 Å². The van der Waals surface area contributed by atoms with Crippen molar-refractivity contribution in [1.82, 2.24) is 14.5 Å². The maximum atomic E-state index is 13.2. The molecule has 1 aliphatic rings. The number of nitrogens with two attached hydrogens (primary N) is 1. The third-order valence-electron chi connectivity index (χ3n) is 6.07. The van der Waals surface area contributed by atoms with Crippen LogP contribution in [0.15, 0.2) is 54.7 Å². The number of aromatic nitrogens is 3. The molecule has 8 nitrogen and oxygen atoms in total. The van der Waals surface area contributed by atoms with Gasteiger partial charge in [-0.3, -0.25) is 14.9 Å². The Morgan fingerprint density at radius 3 is 2.63 bits per heavy atom. The van der Waals surface area contributed by atoms with Gasteiger partial charge in [0.15, 0.2) is 0 Å². The summed E-state index contributed by atoms with van der Waals surface area (Å²) in [6.45, 7) is 0.552. The van der Waals surface area contributed by atoms with Crippen molar-refractivity contribution in [2.75, 3.05) is 5.32 Å². The summed E-state index contributed by atoms with van der Waals surface area (Å²) in [6.07, 6.45) is -1.10. The maximum absolute atomic E-state index is 13.2. The number of pyridine rings is 1. The molecule has 0 atom stereocenters. The molecular formula is C26H21ClF3N5O3. The van der Waals surface area contributed by atoms with Crippen LogP contribution >= 0.6 is 11.6 Å². The number of nitrogens with zero attached hydrogens (tertiary/aromatic N) is 3. The Hall–Kier alpha value is -4.12. The molecule has 0 radical (unpaired) electrons. The molecule has 1 fully saturated rings. The van der Waals surface area contributed by atoms with Crippen LogP contribution < -0.4 is 15.8 Å². The second-order valence-electron chi connectivity index (χ2n) is 9.00. The van der Waals surface area contributed by atoms with Gasteiger partial charge in [-0.15, -0.1) is 0 Å². The van der Waals surface area contributed by atoms with E-state index < -0.39 is 23.6 Å². The number of primary amides is 1. The maximum Gasteiger partial charge on any atom is 0.416 e. The third-order valence-corrected chi connectivity index (χ3v) is 6.36. The first-order valence-corrected chi connectivity index (χ1v) is 12.0. The summed E-state index contributed by atoms with van der Waals surface area (Å²) < 4.78 is 47.0. The van der Waals surface area contributed by atoms with E-state index in [4.69, 9.17) is 22.1 Å². The minimum absolute atomic E-state index is 0.00404. The van der Waals surface area contributed by atoms with Crippen LogP contribution in [0.25, 0.3) is 11.0 Å². The summed E-state index contributed by atoms with van der Waals surface area (Å²) in [5.41, 5.74) is 5.87. The van der Waals surface area contributed by atoms with E-state index in [0.29, 0.717) is 23.5 Å². The van der Waals surface area contributed by atoms with Crippen molar-refractivity contribution in [3.8, 4) is 11.6 Å². The van der Waals surface area contributed by atoms with Gasteiger partial charge in [0.1, 0.15) is 11.3 Å². The van der Waals surface area contributed by atoms with E-state index in [2.05, 4.69) is 15.3 Å². The molecule has 1 aliphatic carbocycles. The molecule has 38 heavy (non-hydrogen) atoms. The summed E-state index contributed by atoms with van der Waals surface area (Å²) in [5.74, 6) is -0.333. The highest BCUT2D eigenvalue weighted by molar-refractivity contribution is 6.32. The van der Waals surface area contributed by atoms with E-state index in [-0.39, 0.29) is 40.1 Å². The number of amides is 2. The highest BCUT2D eigenvalue weighted by Gasteiger charge is 2.32. The van der Waals surface area contributed by atoms with Crippen molar-refractivity contribution in [3.63, 3.8) is 0 Å². The zero-order chi connectivity index (χ0) is 27.0. The molecule has 3 N–H and O–H groups in total. The number of anilines is 1. The van der Waals surface area contributed by atoms with Gasteiger partial charge >= 0.3 is 6.18 Å². The Balaban J connectivity index is 1.33. The SMILES string of the molecule is NC(=O)c1cccnc1Oc1ccc(CC(=O)Nc2nc3cc(C(F)(F)F)ccc3n2CC2CC2)cc1Cl. The van der Waals surface area contributed by atoms with Gasteiger partial charge < -0.3 is 15.0 Å². The molecule has 12 heteroatoms. The van der Waals surface area contributed by atoms with Crippen LogP contribution in [0.5, 0.6) is 11.6 Å². The van der Waals surface area contributed by atoms with Gasteiger partial charge in [-0.2, -0.15) is 13.2 Å². The molecule has 0 unspecified atom stereocenters. The molecule has 5 rings (SSSR count). The molecular weight excluding hydrogens is 523 g/mol. The molecule has 0 saturated heterocycles. The topological polar surface area (TPSA) is 112 Å². The number of imidazole rings is 1. The number of carbonyl (C=O) groups is 2. The van der Waals surface area contributed by atoms with Crippen molar-refractivity contribution in [3.05, 3.63) is 76.4 Å². The molecule has 2 aromatic heterocycles. The smallest absolute Gasteiger partial charge is 0.416 e. The van der Waals surface area contributed by atoms with Gasteiger partial charge in [0.05, 0.1) is 28.0 Å². The number of ether oxygens (including phenoxy) is 1. The molecule has 2 amide bonds. The van der Waals surface area contributed by atoms with Crippen molar-refractivity contribution >= 4 is 40.4 Å². The average molecular weight is 544 g/mol. The van der Waals surface area contributed by atoms with Crippen molar-refractivity contribution in [2.45, 2.75) is 32.0 Å². The van der Waals surface area contributed by atoms with Gasteiger partial charge in [0, 0.05) is 12.7 Å². The second kappa shape index (κ2) is 9.97. The minimum atomic E-state index is -4.50. The zero-order valence-corrected chi connectivity index (χ0v) is 20.5. The summed E-state index contributed by atoms with van der Waals surface area (Å²) in [6, 6.07) is 11.1. The molecule has 196 valence electrons. The highest BCUT2D eigenvalue weighted by Crippen LogP contribution is 2.36. The lowest BCUT2D eigenvalue weighted by Gasteiger charge is -2.11. The van der Waals surface area contributed by atoms with Gasteiger partial charge in [-0.1, -0.05) is 17.7 Å². The molecule has 4 aromatic rings. The number of rotatable bonds is 8. The first-order valence-electron chi connectivity index (χ1n) is 11.7. The number of nitrogens with one attached hydrogen (secondary N) is 1. The van der Waals surface area contributed by atoms with Crippen molar-refractivity contribution in [1.29, 1.82) is 0 Å². The first-order chi connectivity index (χ1) is 18.1. The van der Waals surface area contributed by atoms with Crippen molar-refractivity contribution in [2.24, 2.45) is 11.7 Å². The third kappa shape index (κ3) is 5.57. The Morgan fingerprint density at radius 2 is 1.95 bits per heavy atom.